The third-order valence-corrected chi connectivity index (χ3v) is 8.05. The third-order valence-electron chi connectivity index (χ3n) is 6.18. The van der Waals surface area contributed by atoms with Crippen LogP contribution in [0.2, 0.25) is 0 Å². The lowest BCUT2D eigenvalue weighted by molar-refractivity contribution is 0.0740. The molecule has 13 heteroatoms. The quantitative estimate of drug-likeness (QED) is 0.238. The largest absolute Gasteiger partial charge is 0.496 e. The topological polar surface area (TPSA) is 136 Å². The molecular weight excluding hydrogens is 568 g/mol. The van der Waals surface area contributed by atoms with Crippen LogP contribution in [0.3, 0.4) is 0 Å². The summed E-state index contributed by atoms with van der Waals surface area (Å²) in [6.45, 7) is 2.91. The SMILES string of the molecule is COCCCNS(=O)(=O)NC(=O)c1csc(CN(CCCc2ccccc2)C(=O)c2cc(OC)c(C)c(OC)c2)n1. The van der Waals surface area contributed by atoms with E-state index in [-0.39, 0.29) is 24.7 Å². The molecule has 1 heterocycles. The highest BCUT2D eigenvalue weighted by atomic mass is 32.2. The summed E-state index contributed by atoms with van der Waals surface area (Å²) in [5, 5.41) is 1.95. The van der Waals surface area contributed by atoms with Gasteiger partial charge in [-0.1, -0.05) is 30.3 Å². The average Bonchev–Trinajstić information content (AvgIpc) is 3.44. The van der Waals surface area contributed by atoms with Gasteiger partial charge in [0.25, 0.3) is 11.8 Å². The number of benzene rings is 2. The van der Waals surface area contributed by atoms with Crippen molar-refractivity contribution in [2.24, 2.45) is 0 Å². The van der Waals surface area contributed by atoms with Crippen molar-refractivity contribution in [3.05, 3.63) is 75.2 Å². The molecule has 0 fully saturated rings. The fourth-order valence-electron chi connectivity index (χ4n) is 4.05. The number of ether oxygens (including phenoxy) is 3. The summed E-state index contributed by atoms with van der Waals surface area (Å²) >= 11 is 1.17. The van der Waals surface area contributed by atoms with Gasteiger partial charge in [-0.2, -0.15) is 13.1 Å². The molecule has 0 radical (unpaired) electrons. The van der Waals surface area contributed by atoms with E-state index in [1.165, 1.54) is 38.0 Å². The molecule has 0 aliphatic heterocycles. The first-order valence-electron chi connectivity index (χ1n) is 13.0. The van der Waals surface area contributed by atoms with Crippen molar-refractivity contribution in [2.45, 2.75) is 32.7 Å². The summed E-state index contributed by atoms with van der Waals surface area (Å²) in [6, 6.07) is 13.3. The van der Waals surface area contributed by atoms with Crippen LogP contribution in [0.1, 0.15) is 49.8 Å². The van der Waals surface area contributed by atoms with Crippen LogP contribution in [0.25, 0.3) is 0 Å². The van der Waals surface area contributed by atoms with Gasteiger partial charge in [0, 0.05) is 43.3 Å². The van der Waals surface area contributed by atoms with Crippen molar-refractivity contribution < 1.29 is 32.2 Å². The minimum absolute atomic E-state index is 0.0531. The summed E-state index contributed by atoms with van der Waals surface area (Å²) in [4.78, 5) is 32.3. The number of nitrogens with one attached hydrogen (secondary N) is 2. The van der Waals surface area contributed by atoms with E-state index in [0.29, 0.717) is 48.1 Å². The average molecular weight is 605 g/mol. The maximum absolute atomic E-state index is 13.7. The Morgan fingerprint density at radius 2 is 1.71 bits per heavy atom. The number of aromatic nitrogens is 1. The van der Waals surface area contributed by atoms with Gasteiger partial charge in [-0.15, -0.1) is 11.3 Å². The van der Waals surface area contributed by atoms with Gasteiger partial charge in [0.2, 0.25) is 0 Å². The van der Waals surface area contributed by atoms with Gasteiger partial charge in [0.15, 0.2) is 0 Å². The van der Waals surface area contributed by atoms with Gasteiger partial charge in [-0.3, -0.25) is 9.59 Å². The molecule has 0 atom stereocenters. The highest BCUT2D eigenvalue weighted by Gasteiger charge is 2.23. The van der Waals surface area contributed by atoms with E-state index in [9.17, 15) is 18.0 Å². The number of nitrogens with zero attached hydrogens (tertiary/aromatic N) is 2. The molecule has 41 heavy (non-hydrogen) atoms. The van der Waals surface area contributed by atoms with E-state index < -0.39 is 16.1 Å². The molecule has 0 bridgehead atoms. The second kappa shape index (κ2) is 15.5. The van der Waals surface area contributed by atoms with Crippen molar-refractivity contribution in [1.29, 1.82) is 0 Å². The Balaban J connectivity index is 1.76. The molecule has 222 valence electrons. The number of thiazole rings is 1. The van der Waals surface area contributed by atoms with E-state index in [1.807, 2.05) is 42.0 Å². The van der Waals surface area contributed by atoms with Crippen molar-refractivity contribution in [1.82, 2.24) is 19.3 Å². The lowest BCUT2D eigenvalue weighted by Gasteiger charge is -2.23. The zero-order valence-corrected chi connectivity index (χ0v) is 25.3. The number of amides is 2. The lowest BCUT2D eigenvalue weighted by atomic mass is 10.1. The van der Waals surface area contributed by atoms with Gasteiger partial charge in [-0.25, -0.2) is 9.71 Å². The van der Waals surface area contributed by atoms with Crippen LogP contribution in [0.15, 0.2) is 47.8 Å². The summed E-state index contributed by atoms with van der Waals surface area (Å²) in [5.41, 5.74) is 2.27. The number of carbonyl (C=O) groups is 2. The number of rotatable bonds is 16. The predicted octanol–water partition coefficient (Wildman–Crippen LogP) is 3.34. The molecule has 2 amide bonds. The van der Waals surface area contributed by atoms with Crippen LogP contribution in [0, 0.1) is 6.92 Å². The highest BCUT2D eigenvalue weighted by Crippen LogP contribution is 2.30. The van der Waals surface area contributed by atoms with Gasteiger partial charge in [0.1, 0.15) is 22.2 Å². The highest BCUT2D eigenvalue weighted by molar-refractivity contribution is 7.88. The van der Waals surface area contributed by atoms with E-state index >= 15 is 0 Å². The van der Waals surface area contributed by atoms with Crippen molar-refractivity contribution >= 4 is 33.4 Å². The molecule has 2 N–H and O–H groups in total. The number of methoxy groups -OCH3 is 3. The molecule has 1 aromatic heterocycles. The molecule has 3 rings (SSSR count). The Bertz CT molecular complexity index is 1390. The Morgan fingerprint density at radius 3 is 2.34 bits per heavy atom. The Morgan fingerprint density at radius 1 is 1.02 bits per heavy atom. The molecule has 3 aromatic rings. The smallest absolute Gasteiger partial charge is 0.301 e. The van der Waals surface area contributed by atoms with Crippen LogP contribution >= 0.6 is 11.3 Å². The first-order chi connectivity index (χ1) is 19.7. The molecule has 11 nitrogen and oxygen atoms in total. The van der Waals surface area contributed by atoms with Crippen molar-refractivity contribution in [2.75, 3.05) is 41.0 Å². The second-order valence-corrected chi connectivity index (χ2v) is 11.6. The predicted molar refractivity (Wildman–Crippen MR) is 157 cm³/mol. The van der Waals surface area contributed by atoms with E-state index in [4.69, 9.17) is 14.2 Å². The van der Waals surface area contributed by atoms with E-state index in [1.54, 1.807) is 17.0 Å². The van der Waals surface area contributed by atoms with E-state index in [0.717, 1.165) is 17.5 Å². The summed E-state index contributed by atoms with van der Waals surface area (Å²) < 4.78 is 44.4. The number of hydrogen-bond acceptors (Lipinski definition) is 9. The van der Waals surface area contributed by atoms with Crippen LogP contribution in [-0.2, 0) is 27.9 Å². The maximum Gasteiger partial charge on any atom is 0.301 e. The Labute approximate surface area is 245 Å². The minimum atomic E-state index is -4.06. The monoisotopic (exact) mass is 604 g/mol. The number of carbonyl (C=O) groups excluding carboxylic acids is 2. The molecule has 0 unspecified atom stereocenters. The van der Waals surface area contributed by atoms with Crippen LogP contribution < -0.4 is 18.9 Å². The Hall–Kier alpha value is -3.52. The Kier molecular flexibility index (Phi) is 12.1. The zero-order valence-electron chi connectivity index (χ0n) is 23.6. The first-order valence-corrected chi connectivity index (χ1v) is 15.3. The maximum atomic E-state index is 13.7. The summed E-state index contributed by atoms with van der Waals surface area (Å²) in [6.07, 6.45) is 1.92. The van der Waals surface area contributed by atoms with Gasteiger partial charge >= 0.3 is 10.2 Å². The van der Waals surface area contributed by atoms with Gasteiger partial charge in [-0.05, 0) is 43.9 Å². The minimum Gasteiger partial charge on any atom is -0.496 e. The fraction of sp³-hybridized carbons (Fsp3) is 0.393. The molecular formula is C28H36N4O7S2. The van der Waals surface area contributed by atoms with Crippen molar-refractivity contribution in [3.63, 3.8) is 0 Å². The van der Waals surface area contributed by atoms with E-state index in [2.05, 4.69) is 9.71 Å². The molecule has 0 saturated heterocycles. The number of hydrogen-bond donors (Lipinski definition) is 2. The molecule has 0 spiro atoms. The molecule has 2 aromatic carbocycles. The van der Waals surface area contributed by atoms with Crippen molar-refractivity contribution in [3.8, 4) is 11.5 Å². The summed E-state index contributed by atoms with van der Waals surface area (Å²) in [7, 11) is 0.526. The fourth-order valence-corrected chi connectivity index (χ4v) is 5.67. The molecule has 0 saturated carbocycles. The first kappa shape index (κ1) is 32.0. The third kappa shape index (κ3) is 9.52. The standard InChI is InChI=1S/C28H36N4O7S2/c1-20-24(38-3)16-22(17-25(20)39-4)28(34)32(14-8-12-21-10-6-5-7-11-21)18-26-30-23(19-40-26)27(33)31-41(35,36)29-13-9-15-37-2/h5-7,10-11,16-17,19,29H,8-9,12-15,18H2,1-4H3,(H,31,33). The molecule has 0 aliphatic rings. The summed E-state index contributed by atoms with van der Waals surface area (Å²) in [5.74, 6) is -0.0511. The van der Waals surface area contributed by atoms with Gasteiger partial charge < -0.3 is 19.1 Å². The van der Waals surface area contributed by atoms with Crippen LogP contribution in [0.5, 0.6) is 11.5 Å². The number of aryl methyl sites for hydroxylation is 1. The van der Waals surface area contributed by atoms with Crippen LogP contribution in [-0.4, -0.2) is 71.1 Å². The molecule has 0 aliphatic carbocycles. The van der Waals surface area contributed by atoms with Gasteiger partial charge in [0.05, 0.1) is 20.8 Å². The zero-order chi connectivity index (χ0) is 29.8. The second-order valence-electron chi connectivity index (χ2n) is 9.12. The normalized spacial score (nSPS) is 11.2. The van der Waals surface area contributed by atoms with Crippen LogP contribution in [0.4, 0.5) is 0 Å². The lowest BCUT2D eigenvalue weighted by Crippen LogP contribution is -2.41.